The molecule has 4 nitrogen and oxygen atoms in total. The maximum atomic E-state index is 12.0. The Hall–Kier alpha value is -1.39. The van der Waals surface area contributed by atoms with Crippen LogP contribution >= 0.6 is 0 Å². The number of likely N-dealkylation sites (tertiary alicyclic amines) is 1. The Morgan fingerprint density at radius 1 is 1.38 bits per heavy atom. The molecule has 116 valence electrons. The van der Waals surface area contributed by atoms with Crippen LogP contribution in [-0.2, 0) is 16.1 Å². The number of aryl methyl sites for hydroxylation is 1. The lowest BCUT2D eigenvalue weighted by Crippen LogP contribution is -2.41. The quantitative estimate of drug-likeness (QED) is 0.815. The molecule has 1 fully saturated rings. The van der Waals surface area contributed by atoms with Gasteiger partial charge in [-0.1, -0.05) is 29.8 Å². The van der Waals surface area contributed by atoms with Gasteiger partial charge in [0.05, 0.1) is 6.61 Å². The maximum absolute atomic E-state index is 12.0. The van der Waals surface area contributed by atoms with Crippen LogP contribution in [-0.4, -0.2) is 44.2 Å². The number of hydrogen-bond acceptors (Lipinski definition) is 3. The molecule has 0 radical (unpaired) electrons. The van der Waals surface area contributed by atoms with Crippen molar-refractivity contribution < 1.29 is 9.53 Å². The number of carbonyl (C=O) groups is 1. The van der Waals surface area contributed by atoms with Gasteiger partial charge < -0.3 is 10.1 Å². The van der Waals surface area contributed by atoms with E-state index in [-0.39, 0.29) is 11.8 Å². The van der Waals surface area contributed by atoms with E-state index in [1.165, 1.54) is 11.1 Å². The molecule has 0 saturated carbocycles. The second-order valence-electron chi connectivity index (χ2n) is 5.82. The Morgan fingerprint density at radius 2 is 2.14 bits per heavy atom. The minimum Gasteiger partial charge on any atom is -0.383 e. The smallest absolute Gasteiger partial charge is 0.223 e. The van der Waals surface area contributed by atoms with E-state index < -0.39 is 0 Å². The highest BCUT2D eigenvalue weighted by atomic mass is 16.5. The molecule has 1 aromatic rings. The zero-order valence-corrected chi connectivity index (χ0v) is 13.1. The minimum atomic E-state index is 0.163. The van der Waals surface area contributed by atoms with Crippen LogP contribution < -0.4 is 5.32 Å². The van der Waals surface area contributed by atoms with Crippen LogP contribution in [0.15, 0.2) is 24.3 Å². The number of piperidine rings is 1. The van der Waals surface area contributed by atoms with Crippen molar-refractivity contribution in [1.82, 2.24) is 10.2 Å². The van der Waals surface area contributed by atoms with Gasteiger partial charge in [-0.25, -0.2) is 0 Å². The lowest BCUT2D eigenvalue weighted by molar-refractivity contribution is -0.126. The summed E-state index contributed by atoms with van der Waals surface area (Å²) in [6.45, 7) is 6.29. The zero-order valence-electron chi connectivity index (χ0n) is 13.1. The first kappa shape index (κ1) is 16.0. The van der Waals surface area contributed by atoms with Crippen molar-refractivity contribution in [1.29, 1.82) is 0 Å². The Balaban J connectivity index is 1.74. The molecule has 2 rings (SSSR count). The van der Waals surface area contributed by atoms with Crippen LogP contribution in [0.1, 0.15) is 24.0 Å². The average Bonchev–Trinajstić information content (AvgIpc) is 2.48. The van der Waals surface area contributed by atoms with E-state index in [0.29, 0.717) is 13.2 Å². The van der Waals surface area contributed by atoms with E-state index in [9.17, 15) is 4.79 Å². The third-order valence-corrected chi connectivity index (χ3v) is 4.05. The van der Waals surface area contributed by atoms with Crippen LogP contribution in [0, 0.1) is 12.8 Å². The van der Waals surface area contributed by atoms with E-state index in [2.05, 4.69) is 41.4 Å². The molecule has 1 amide bonds. The first-order valence-corrected chi connectivity index (χ1v) is 7.73. The molecule has 1 heterocycles. The highest BCUT2D eigenvalue weighted by Crippen LogP contribution is 2.19. The van der Waals surface area contributed by atoms with Gasteiger partial charge in [0.2, 0.25) is 5.91 Å². The fourth-order valence-corrected chi connectivity index (χ4v) is 2.84. The maximum Gasteiger partial charge on any atom is 0.223 e. The first-order valence-electron chi connectivity index (χ1n) is 7.73. The Kier molecular flexibility index (Phi) is 6.21. The van der Waals surface area contributed by atoms with Crippen molar-refractivity contribution in [2.45, 2.75) is 26.3 Å². The largest absolute Gasteiger partial charge is 0.383 e. The van der Waals surface area contributed by atoms with Gasteiger partial charge in [-0.15, -0.1) is 0 Å². The number of methoxy groups -OCH3 is 1. The number of hydrogen-bond donors (Lipinski definition) is 1. The van der Waals surface area contributed by atoms with E-state index in [0.717, 1.165) is 32.5 Å². The van der Waals surface area contributed by atoms with Crippen molar-refractivity contribution in [3.63, 3.8) is 0 Å². The van der Waals surface area contributed by atoms with Crippen molar-refractivity contribution in [3.05, 3.63) is 35.4 Å². The molecule has 21 heavy (non-hydrogen) atoms. The van der Waals surface area contributed by atoms with Crippen LogP contribution in [0.5, 0.6) is 0 Å². The lowest BCUT2D eigenvalue weighted by atomic mass is 9.95. The zero-order chi connectivity index (χ0) is 15.1. The number of rotatable bonds is 6. The van der Waals surface area contributed by atoms with Crippen LogP contribution in [0.3, 0.4) is 0 Å². The van der Waals surface area contributed by atoms with Crippen molar-refractivity contribution in [2.24, 2.45) is 5.92 Å². The molecule has 0 unspecified atom stereocenters. The molecule has 0 aromatic heterocycles. The van der Waals surface area contributed by atoms with E-state index in [4.69, 9.17) is 4.74 Å². The topological polar surface area (TPSA) is 41.6 Å². The standard InChI is InChI=1S/C17H26N2O2/c1-14-4-3-5-15(12-14)13-19-9-6-16(7-10-19)17(20)18-8-11-21-2/h3-5,12,16H,6-11,13H2,1-2H3,(H,18,20). The molecule has 0 spiro atoms. The first-order chi connectivity index (χ1) is 10.2. The fourth-order valence-electron chi connectivity index (χ4n) is 2.84. The Labute approximate surface area is 127 Å². The number of nitrogens with one attached hydrogen (secondary N) is 1. The summed E-state index contributed by atoms with van der Waals surface area (Å²) in [4.78, 5) is 14.4. The minimum absolute atomic E-state index is 0.163. The SMILES string of the molecule is COCCNC(=O)C1CCN(Cc2cccc(C)c2)CC1. The summed E-state index contributed by atoms with van der Waals surface area (Å²) in [5, 5.41) is 2.94. The third-order valence-electron chi connectivity index (χ3n) is 4.05. The van der Waals surface area contributed by atoms with Gasteiger partial charge in [0.1, 0.15) is 0 Å². The monoisotopic (exact) mass is 290 g/mol. The fraction of sp³-hybridized carbons (Fsp3) is 0.588. The summed E-state index contributed by atoms with van der Waals surface area (Å²) in [6.07, 6.45) is 1.90. The molecule has 1 aliphatic heterocycles. The predicted molar refractivity (Wildman–Crippen MR) is 84.1 cm³/mol. The van der Waals surface area contributed by atoms with Gasteiger partial charge in [-0.05, 0) is 38.4 Å². The normalized spacial score (nSPS) is 16.9. The number of amides is 1. The third kappa shape index (κ3) is 5.14. The molecule has 1 N–H and O–H groups in total. The molecule has 0 bridgehead atoms. The number of carbonyl (C=O) groups excluding carboxylic acids is 1. The van der Waals surface area contributed by atoms with Gasteiger partial charge in [-0.3, -0.25) is 9.69 Å². The number of benzene rings is 1. The number of nitrogens with zero attached hydrogens (tertiary/aromatic N) is 1. The van der Waals surface area contributed by atoms with Crippen LogP contribution in [0.25, 0.3) is 0 Å². The summed E-state index contributed by atoms with van der Waals surface area (Å²) < 4.78 is 4.95. The summed E-state index contributed by atoms with van der Waals surface area (Å²) in [7, 11) is 1.65. The van der Waals surface area contributed by atoms with Gasteiger partial charge in [0, 0.05) is 26.1 Å². The van der Waals surface area contributed by atoms with Gasteiger partial charge in [0.15, 0.2) is 0 Å². The Morgan fingerprint density at radius 3 is 2.81 bits per heavy atom. The van der Waals surface area contributed by atoms with E-state index in [1.807, 2.05) is 0 Å². The highest BCUT2D eigenvalue weighted by Gasteiger charge is 2.24. The van der Waals surface area contributed by atoms with Crippen molar-refractivity contribution >= 4 is 5.91 Å². The second-order valence-corrected chi connectivity index (χ2v) is 5.82. The summed E-state index contributed by atoms with van der Waals surface area (Å²) in [6, 6.07) is 8.65. The van der Waals surface area contributed by atoms with Crippen LogP contribution in [0.2, 0.25) is 0 Å². The predicted octanol–water partition coefficient (Wildman–Crippen LogP) is 1.97. The van der Waals surface area contributed by atoms with Crippen LogP contribution in [0.4, 0.5) is 0 Å². The molecule has 4 heteroatoms. The molecule has 0 atom stereocenters. The lowest BCUT2D eigenvalue weighted by Gasteiger charge is -2.31. The molecule has 1 aliphatic rings. The van der Waals surface area contributed by atoms with Crippen molar-refractivity contribution in [2.75, 3.05) is 33.4 Å². The molecular weight excluding hydrogens is 264 g/mol. The molecule has 1 saturated heterocycles. The summed E-state index contributed by atoms with van der Waals surface area (Å²) in [5.41, 5.74) is 2.66. The van der Waals surface area contributed by atoms with Gasteiger partial charge >= 0.3 is 0 Å². The van der Waals surface area contributed by atoms with E-state index >= 15 is 0 Å². The average molecular weight is 290 g/mol. The molecular formula is C17H26N2O2. The van der Waals surface area contributed by atoms with Gasteiger partial charge in [-0.2, -0.15) is 0 Å². The highest BCUT2D eigenvalue weighted by molar-refractivity contribution is 5.78. The molecule has 1 aromatic carbocycles. The van der Waals surface area contributed by atoms with Crippen molar-refractivity contribution in [3.8, 4) is 0 Å². The summed E-state index contributed by atoms with van der Waals surface area (Å²) >= 11 is 0. The Bertz CT molecular complexity index is 454. The number of ether oxygens (including phenoxy) is 1. The molecule has 0 aliphatic carbocycles. The second kappa shape index (κ2) is 8.15. The van der Waals surface area contributed by atoms with Gasteiger partial charge in [0.25, 0.3) is 0 Å². The van der Waals surface area contributed by atoms with E-state index in [1.54, 1.807) is 7.11 Å². The summed E-state index contributed by atoms with van der Waals surface area (Å²) in [5.74, 6) is 0.345.